The molecular weight excluding hydrogens is 354 g/mol. The Kier molecular flexibility index (Phi) is 6.45. The third-order valence-electron chi connectivity index (χ3n) is 4.59. The van der Waals surface area contributed by atoms with Crippen molar-refractivity contribution < 1.29 is 4.79 Å². The fourth-order valence-corrected chi connectivity index (χ4v) is 3.79. The Balaban J connectivity index is 1.58. The minimum atomic E-state index is -0.156. The zero-order valence-corrected chi connectivity index (χ0v) is 16.8. The maximum Gasteiger partial charge on any atom is 0.239 e. The van der Waals surface area contributed by atoms with Crippen LogP contribution in [-0.4, -0.2) is 22.5 Å². The topological polar surface area (TPSA) is 53.8 Å². The summed E-state index contributed by atoms with van der Waals surface area (Å²) >= 11 is 1.44. The molecule has 1 atom stereocenters. The van der Waals surface area contributed by atoms with Gasteiger partial charge in [0.15, 0.2) is 5.17 Å². The number of nitrogens with one attached hydrogen (secondary N) is 1. The van der Waals surface area contributed by atoms with Crippen LogP contribution in [0.2, 0.25) is 0 Å². The number of carbonyl (C=O) groups is 1. The predicted octanol–water partition coefficient (Wildman–Crippen LogP) is 4.54. The minimum absolute atomic E-state index is 0.00481. The number of rotatable bonds is 6. The fraction of sp³-hybridized carbons (Fsp3) is 0.318. The number of nitrogens with zero attached hydrogens (tertiary/aromatic N) is 2. The summed E-state index contributed by atoms with van der Waals surface area (Å²) in [6.45, 7) is 6.48. The number of amides is 1. The van der Waals surface area contributed by atoms with E-state index in [0.29, 0.717) is 17.5 Å². The Labute approximate surface area is 165 Å². The smallest absolute Gasteiger partial charge is 0.239 e. The maximum absolute atomic E-state index is 12.2. The molecule has 27 heavy (non-hydrogen) atoms. The molecule has 2 aromatic carbocycles. The molecule has 2 aromatic rings. The van der Waals surface area contributed by atoms with Gasteiger partial charge in [-0.15, -0.1) is 5.10 Å². The molecule has 0 aliphatic carbocycles. The number of thioether (sulfide) groups is 1. The molecule has 1 aliphatic heterocycles. The van der Waals surface area contributed by atoms with Crippen LogP contribution in [0, 0.1) is 0 Å². The van der Waals surface area contributed by atoms with E-state index in [1.165, 1.54) is 22.9 Å². The highest BCUT2D eigenvalue weighted by Crippen LogP contribution is 2.23. The van der Waals surface area contributed by atoms with Gasteiger partial charge < -0.3 is 5.32 Å². The predicted molar refractivity (Wildman–Crippen MR) is 115 cm³/mol. The summed E-state index contributed by atoms with van der Waals surface area (Å²) in [5.41, 5.74) is 4.76. The molecule has 140 valence electrons. The molecule has 0 bridgehead atoms. The van der Waals surface area contributed by atoms with E-state index in [1.807, 2.05) is 12.1 Å². The first-order valence-electron chi connectivity index (χ1n) is 9.31. The molecule has 0 spiro atoms. The van der Waals surface area contributed by atoms with E-state index in [0.717, 1.165) is 17.5 Å². The molecule has 3 rings (SSSR count). The first-order chi connectivity index (χ1) is 13.0. The van der Waals surface area contributed by atoms with Crippen LogP contribution in [0.3, 0.4) is 0 Å². The second kappa shape index (κ2) is 9.00. The first-order valence-corrected chi connectivity index (χ1v) is 10.2. The van der Waals surface area contributed by atoms with Gasteiger partial charge in [0.2, 0.25) is 5.91 Å². The van der Waals surface area contributed by atoms with Gasteiger partial charge in [-0.25, -0.2) is 0 Å². The summed E-state index contributed by atoms with van der Waals surface area (Å²) in [6.07, 6.45) is 3.43. The Morgan fingerprint density at radius 1 is 1.07 bits per heavy atom. The SMILES string of the molecule is CCc1ccc(C[C@@H]2S/C(=N/N=C\c3ccc(C(C)C)cc3)NC2=O)cc1. The lowest BCUT2D eigenvalue weighted by molar-refractivity contribution is -0.118. The quantitative estimate of drug-likeness (QED) is 0.592. The minimum Gasteiger partial charge on any atom is -0.303 e. The van der Waals surface area contributed by atoms with E-state index in [1.54, 1.807) is 6.21 Å². The molecule has 0 aromatic heterocycles. The van der Waals surface area contributed by atoms with Crippen LogP contribution >= 0.6 is 11.8 Å². The maximum atomic E-state index is 12.2. The normalized spacial score (nSPS) is 18.6. The summed E-state index contributed by atoms with van der Waals surface area (Å²) in [6, 6.07) is 16.7. The molecule has 0 radical (unpaired) electrons. The molecular formula is C22H25N3OS. The van der Waals surface area contributed by atoms with Crippen molar-refractivity contribution in [2.45, 2.75) is 44.8 Å². The molecule has 4 nitrogen and oxygen atoms in total. The van der Waals surface area contributed by atoms with Crippen molar-refractivity contribution in [3.63, 3.8) is 0 Å². The second-order valence-electron chi connectivity index (χ2n) is 6.94. The molecule has 0 unspecified atom stereocenters. The lowest BCUT2D eigenvalue weighted by atomic mass is 10.0. The summed E-state index contributed by atoms with van der Waals surface area (Å²) < 4.78 is 0. The van der Waals surface area contributed by atoms with Crippen LogP contribution in [0.5, 0.6) is 0 Å². The lowest BCUT2D eigenvalue weighted by Gasteiger charge is -2.06. The number of aryl methyl sites for hydroxylation is 1. The lowest BCUT2D eigenvalue weighted by Crippen LogP contribution is -2.25. The summed E-state index contributed by atoms with van der Waals surface area (Å²) in [5.74, 6) is 0.506. The number of amidine groups is 1. The van der Waals surface area contributed by atoms with Crippen molar-refractivity contribution in [3.8, 4) is 0 Å². The highest BCUT2D eigenvalue weighted by atomic mass is 32.2. The van der Waals surface area contributed by atoms with E-state index in [4.69, 9.17) is 0 Å². The summed E-state index contributed by atoms with van der Waals surface area (Å²) in [5, 5.41) is 11.5. The van der Waals surface area contributed by atoms with Crippen molar-refractivity contribution in [1.29, 1.82) is 0 Å². The van der Waals surface area contributed by atoms with Gasteiger partial charge in [-0.3, -0.25) is 4.79 Å². The highest BCUT2D eigenvalue weighted by molar-refractivity contribution is 8.15. The van der Waals surface area contributed by atoms with E-state index in [2.05, 4.69) is 72.7 Å². The van der Waals surface area contributed by atoms with E-state index in [-0.39, 0.29) is 11.2 Å². The Morgan fingerprint density at radius 2 is 1.74 bits per heavy atom. The molecule has 1 N–H and O–H groups in total. The molecule has 1 saturated heterocycles. The molecule has 5 heteroatoms. The van der Waals surface area contributed by atoms with Crippen LogP contribution < -0.4 is 5.32 Å². The van der Waals surface area contributed by atoms with Crippen LogP contribution in [0.4, 0.5) is 0 Å². The zero-order valence-electron chi connectivity index (χ0n) is 16.0. The van der Waals surface area contributed by atoms with E-state index >= 15 is 0 Å². The zero-order chi connectivity index (χ0) is 19.2. The van der Waals surface area contributed by atoms with E-state index in [9.17, 15) is 4.79 Å². The van der Waals surface area contributed by atoms with Gasteiger partial charge in [0.25, 0.3) is 0 Å². The third-order valence-corrected chi connectivity index (χ3v) is 5.66. The van der Waals surface area contributed by atoms with Crippen molar-refractivity contribution in [1.82, 2.24) is 5.32 Å². The van der Waals surface area contributed by atoms with E-state index < -0.39 is 0 Å². The van der Waals surface area contributed by atoms with Gasteiger partial charge in [0, 0.05) is 0 Å². The van der Waals surface area contributed by atoms with Gasteiger partial charge in [0.05, 0.1) is 11.5 Å². The third kappa shape index (κ3) is 5.30. The van der Waals surface area contributed by atoms with Gasteiger partial charge in [-0.1, -0.05) is 81.1 Å². The van der Waals surface area contributed by atoms with Crippen LogP contribution in [0.1, 0.15) is 48.9 Å². The van der Waals surface area contributed by atoms with Crippen molar-refractivity contribution >= 4 is 29.1 Å². The largest absolute Gasteiger partial charge is 0.303 e. The Bertz CT molecular complexity index is 839. The highest BCUT2D eigenvalue weighted by Gasteiger charge is 2.30. The molecule has 1 heterocycles. The standard InChI is InChI=1S/C22H25N3OS/c1-4-16-5-7-17(8-6-16)13-20-21(26)24-22(27-20)25-23-14-18-9-11-19(12-10-18)15(2)3/h5-12,14-15,20H,4,13H2,1-3H3,(H,24,25,26)/b23-14-/t20-/m0/s1. The molecule has 1 aliphatic rings. The number of benzene rings is 2. The van der Waals surface area contributed by atoms with Crippen LogP contribution in [0.15, 0.2) is 58.7 Å². The van der Waals surface area contributed by atoms with Gasteiger partial charge in [0.1, 0.15) is 0 Å². The van der Waals surface area contributed by atoms with Crippen molar-refractivity contribution in [2.75, 3.05) is 0 Å². The average Bonchev–Trinajstić information content (AvgIpc) is 3.02. The number of carbonyl (C=O) groups excluding carboxylic acids is 1. The molecule has 0 saturated carbocycles. The van der Waals surface area contributed by atoms with Gasteiger partial charge in [-0.2, -0.15) is 5.10 Å². The first kappa shape index (κ1) is 19.4. The fourth-order valence-electron chi connectivity index (χ4n) is 2.83. The van der Waals surface area contributed by atoms with Crippen molar-refractivity contribution in [3.05, 3.63) is 70.8 Å². The number of hydrogen-bond donors (Lipinski definition) is 1. The van der Waals surface area contributed by atoms with Gasteiger partial charge >= 0.3 is 0 Å². The Hall–Kier alpha value is -2.40. The average molecular weight is 380 g/mol. The molecule has 1 amide bonds. The monoisotopic (exact) mass is 379 g/mol. The number of hydrogen-bond acceptors (Lipinski definition) is 4. The second-order valence-corrected chi connectivity index (χ2v) is 8.13. The van der Waals surface area contributed by atoms with Gasteiger partial charge in [-0.05, 0) is 41.0 Å². The summed E-state index contributed by atoms with van der Waals surface area (Å²) in [7, 11) is 0. The Morgan fingerprint density at radius 3 is 2.37 bits per heavy atom. The van der Waals surface area contributed by atoms with Crippen LogP contribution in [-0.2, 0) is 17.6 Å². The molecule has 1 fully saturated rings. The van der Waals surface area contributed by atoms with Crippen LogP contribution in [0.25, 0.3) is 0 Å². The summed E-state index contributed by atoms with van der Waals surface area (Å²) in [4.78, 5) is 12.2. The van der Waals surface area contributed by atoms with Crippen molar-refractivity contribution in [2.24, 2.45) is 10.2 Å².